The van der Waals surface area contributed by atoms with Gasteiger partial charge in [-0.1, -0.05) is 0 Å². The van der Waals surface area contributed by atoms with Crippen molar-refractivity contribution >= 4 is 23.6 Å². The molecule has 72 valence electrons. The van der Waals surface area contributed by atoms with E-state index in [0.29, 0.717) is 6.07 Å². The second-order valence-corrected chi connectivity index (χ2v) is 2.80. The maximum Gasteiger partial charge on any atom is 0.492 e. The van der Waals surface area contributed by atoms with Gasteiger partial charge in [0.1, 0.15) is 5.58 Å². The number of halogens is 2. The topological polar surface area (TPSA) is 53.6 Å². The lowest BCUT2D eigenvalue weighted by atomic mass is 9.79. The minimum atomic E-state index is -1.89. The van der Waals surface area contributed by atoms with Crippen molar-refractivity contribution in [2.24, 2.45) is 0 Å². The van der Waals surface area contributed by atoms with E-state index in [1.165, 1.54) is 6.07 Å². The molecule has 2 rings (SSSR count). The zero-order valence-corrected chi connectivity index (χ0v) is 6.87. The molecule has 0 atom stereocenters. The lowest BCUT2D eigenvalue weighted by Gasteiger charge is -2.01. The molecule has 0 fully saturated rings. The van der Waals surface area contributed by atoms with Crippen LogP contribution < -0.4 is 5.46 Å². The minimum absolute atomic E-state index is 0.0566. The second kappa shape index (κ2) is 3.07. The van der Waals surface area contributed by atoms with E-state index in [1.54, 1.807) is 0 Å². The van der Waals surface area contributed by atoms with E-state index in [4.69, 9.17) is 14.5 Å². The SMILES string of the molecule is OB(O)c1cc(F)c(F)c2ccoc12. The Morgan fingerprint density at radius 3 is 2.64 bits per heavy atom. The molecule has 0 aliphatic heterocycles. The minimum Gasteiger partial charge on any atom is -0.465 e. The summed E-state index contributed by atoms with van der Waals surface area (Å²) >= 11 is 0. The lowest BCUT2D eigenvalue weighted by molar-refractivity contribution is 0.424. The molecule has 6 heteroatoms. The van der Waals surface area contributed by atoms with Crippen molar-refractivity contribution in [1.82, 2.24) is 0 Å². The van der Waals surface area contributed by atoms with Crippen LogP contribution in [-0.2, 0) is 0 Å². The fourth-order valence-electron chi connectivity index (χ4n) is 1.29. The first-order valence-electron chi connectivity index (χ1n) is 3.82. The molecule has 1 aromatic heterocycles. The summed E-state index contributed by atoms with van der Waals surface area (Å²) in [6, 6.07) is 1.92. The zero-order chi connectivity index (χ0) is 10.3. The van der Waals surface area contributed by atoms with Crippen LogP contribution in [-0.4, -0.2) is 17.2 Å². The molecular formula is C8H5BF2O3. The summed E-state index contributed by atoms with van der Waals surface area (Å²) in [5.41, 5.74) is -0.247. The Labute approximate surface area is 77.7 Å². The Kier molecular flexibility index (Phi) is 2.01. The number of furan rings is 1. The molecule has 3 nitrogen and oxygen atoms in total. The van der Waals surface area contributed by atoms with Crippen molar-refractivity contribution < 1.29 is 23.2 Å². The van der Waals surface area contributed by atoms with Crippen LogP contribution in [0, 0.1) is 11.6 Å². The molecule has 0 spiro atoms. The van der Waals surface area contributed by atoms with Gasteiger partial charge in [0, 0.05) is 5.46 Å². The molecule has 0 saturated heterocycles. The van der Waals surface area contributed by atoms with E-state index in [0.717, 1.165) is 6.26 Å². The summed E-state index contributed by atoms with van der Waals surface area (Å²) in [6.07, 6.45) is 1.15. The van der Waals surface area contributed by atoms with Crippen molar-refractivity contribution in [3.63, 3.8) is 0 Å². The van der Waals surface area contributed by atoms with Gasteiger partial charge in [0.25, 0.3) is 0 Å². The molecule has 1 aromatic carbocycles. The lowest BCUT2D eigenvalue weighted by Crippen LogP contribution is -2.31. The third kappa shape index (κ3) is 1.20. The van der Waals surface area contributed by atoms with Crippen molar-refractivity contribution in [2.45, 2.75) is 0 Å². The molecule has 2 N–H and O–H groups in total. The molecule has 14 heavy (non-hydrogen) atoms. The molecule has 0 saturated carbocycles. The van der Waals surface area contributed by atoms with Crippen LogP contribution in [0.3, 0.4) is 0 Å². The molecule has 0 radical (unpaired) electrons. The average Bonchev–Trinajstić information content (AvgIpc) is 2.59. The summed E-state index contributed by atoms with van der Waals surface area (Å²) in [4.78, 5) is 0. The van der Waals surface area contributed by atoms with Gasteiger partial charge in [-0.2, -0.15) is 0 Å². The van der Waals surface area contributed by atoms with Gasteiger partial charge in [-0.15, -0.1) is 0 Å². The summed E-state index contributed by atoms with van der Waals surface area (Å²) in [7, 11) is -1.89. The van der Waals surface area contributed by atoms with Crippen LogP contribution in [0.15, 0.2) is 22.8 Å². The van der Waals surface area contributed by atoms with Crippen LogP contribution in [0.1, 0.15) is 0 Å². The summed E-state index contributed by atoms with van der Waals surface area (Å²) < 4.78 is 30.8. The number of hydrogen-bond acceptors (Lipinski definition) is 3. The fraction of sp³-hybridized carbons (Fsp3) is 0. The van der Waals surface area contributed by atoms with Gasteiger partial charge in [-0.3, -0.25) is 0 Å². The normalized spacial score (nSPS) is 10.9. The predicted molar refractivity (Wildman–Crippen MR) is 46.0 cm³/mol. The molecule has 0 amide bonds. The van der Waals surface area contributed by atoms with E-state index in [-0.39, 0.29) is 16.4 Å². The maximum atomic E-state index is 13.1. The van der Waals surface area contributed by atoms with Crippen LogP contribution in [0.5, 0.6) is 0 Å². The molecular weight excluding hydrogens is 193 g/mol. The fourth-order valence-corrected chi connectivity index (χ4v) is 1.29. The third-order valence-electron chi connectivity index (χ3n) is 1.93. The molecule has 0 unspecified atom stereocenters. The number of hydrogen-bond donors (Lipinski definition) is 2. The maximum absolute atomic E-state index is 13.1. The van der Waals surface area contributed by atoms with E-state index >= 15 is 0 Å². The highest BCUT2D eigenvalue weighted by Crippen LogP contribution is 2.19. The Balaban J connectivity index is 2.84. The molecule has 2 aromatic rings. The predicted octanol–water partition coefficient (Wildman–Crippen LogP) is 0.391. The first kappa shape index (κ1) is 9.17. The second-order valence-electron chi connectivity index (χ2n) is 2.80. The zero-order valence-electron chi connectivity index (χ0n) is 6.87. The Bertz CT molecular complexity index is 481. The van der Waals surface area contributed by atoms with E-state index in [2.05, 4.69) is 0 Å². The molecule has 0 bridgehead atoms. The number of rotatable bonds is 1. The van der Waals surface area contributed by atoms with Crippen molar-refractivity contribution in [1.29, 1.82) is 0 Å². The quantitative estimate of drug-likeness (QED) is 0.651. The van der Waals surface area contributed by atoms with Gasteiger partial charge in [0.15, 0.2) is 11.6 Å². The van der Waals surface area contributed by atoms with Crippen molar-refractivity contribution in [2.75, 3.05) is 0 Å². The average molecular weight is 198 g/mol. The van der Waals surface area contributed by atoms with Crippen LogP contribution in [0.25, 0.3) is 11.0 Å². The van der Waals surface area contributed by atoms with Crippen molar-refractivity contribution in [3.05, 3.63) is 30.0 Å². The van der Waals surface area contributed by atoms with Gasteiger partial charge >= 0.3 is 7.12 Å². The Morgan fingerprint density at radius 1 is 1.29 bits per heavy atom. The van der Waals surface area contributed by atoms with Crippen LogP contribution in [0.4, 0.5) is 8.78 Å². The van der Waals surface area contributed by atoms with Gasteiger partial charge in [0.05, 0.1) is 11.6 Å². The Hall–Kier alpha value is -1.40. The van der Waals surface area contributed by atoms with E-state index < -0.39 is 18.8 Å². The number of benzene rings is 1. The smallest absolute Gasteiger partial charge is 0.465 e. The first-order chi connectivity index (χ1) is 6.61. The van der Waals surface area contributed by atoms with E-state index in [1.807, 2.05) is 0 Å². The van der Waals surface area contributed by atoms with Crippen molar-refractivity contribution in [3.8, 4) is 0 Å². The molecule has 1 heterocycles. The van der Waals surface area contributed by atoms with E-state index in [9.17, 15) is 8.78 Å². The van der Waals surface area contributed by atoms with Gasteiger partial charge < -0.3 is 14.5 Å². The van der Waals surface area contributed by atoms with Gasteiger partial charge in [-0.05, 0) is 12.1 Å². The molecule has 0 aliphatic rings. The van der Waals surface area contributed by atoms with Gasteiger partial charge in [-0.25, -0.2) is 8.78 Å². The highest BCUT2D eigenvalue weighted by Gasteiger charge is 2.22. The third-order valence-corrected chi connectivity index (χ3v) is 1.93. The summed E-state index contributed by atoms with van der Waals surface area (Å²) in [6.45, 7) is 0. The van der Waals surface area contributed by atoms with Gasteiger partial charge in [0.2, 0.25) is 0 Å². The highest BCUT2D eigenvalue weighted by atomic mass is 19.2. The van der Waals surface area contributed by atoms with Crippen LogP contribution >= 0.6 is 0 Å². The standard InChI is InChI=1S/C8H5BF2O3/c10-6-3-5(9(12)13)8-4(7(6)11)1-2-14-8/h1-3,12-13H. The van der Waals surface area contributed by atoms with Crippen LogP contribution in [0.2, 0.25) is 0 Å². The summed E-state index contributed by atoms with van der Waals surface area (Å²) in [5.74, 6) is -2.19. The Morgan fingerprint density at radius 2 is 2.00 bits per heavy atom. The summed E-state index contributed by atoms with van der Waals surface area (Å²) in [5, 5.41) is 17.6. The largest absolute Gasteiger partial charge is 0.492 e. The monoisotopic (exact) mass is 198 g/mol. The first-order valence-corrected chi connectivity index (χ1v) is 3.82. The highest BCUT2D eigenvalue weighted by molar-refractivity contribution is 6.61. The molecule has 0 aliphatic carbocycles. The number of fused-ring (bicyclic) bond motifs is 1.